The van der Waals surface area contributed by atoms with E-state index in [0.29, 0.717) is 6.42 Å². The maximum Gasteiger partial charge on any atom is 0.251 e. The molecule has 0 aromatic carbocycles. The van der Waals surface area contributed by atoms with Crippen molar-refractivity contribution in [1.82, 2.24) is 0 Å². The van der Waals surface area contributed by atoms with Gasteiger partial charge in [0.25, 0.3) is 5.92 Å². The normalized spacial score (nSPS) is 53.7. The molecule has 4 unspecified atom stereocenters. The van der Waals surface area contributed by atoms with Crippen LogP contribution in [0.1, 0.15) is 19.3 Å². The molecule has 0 aromatic rings. The first kappa shape index (κ1) is 6.98. The number of hydrogen-bond donors (Lipinski definition) is 0. The smallest absolute Gasteiger partial charge is 0.251 e. The summed E-state index contributed by atoms with van der Waals surface area (Å²) in [5, 5.41) is 0. The quantitative estimate of drug-likeness (QED) is 0.545. The molecule has 3 aliphatic rings. The van der Waals surface area contributed by atoms with Gasteiger partial charge >= 0.3 is 0 Å². The van der Waals surface area contributed by atoms with Gasteiger partial charge in [0.2, 0.25) is 0 Å². The molecule has 3 heteroatoms. The van der Waals surface area contributed by atoms with Crippen molar-refractivity contribution >= 4 is 5.78 Å². The molecule has 0 aromatic heterocycles. The van der Waals surface area contributed by atoms with Crippen molar-refractivity contribution in [3.63, 3.8) is 0 Å². The molecule has 0 N–H and O–H groups in total. The number of carbonyl (C=O) groups is 1. The van der Waals surface area contributed by atoms with Crippen molar-refractivity contribution < 1.29 is 13.6 Å². The Morgan fingerprint density at radius 2 is 2.00 bits per heavy atom. The Morgan fingerprint density at radius 1 is 1.25 bits per heavy atom. The number of halogens is 2. The number of alkyl halides is 2. The molecule has 4 atom stereocenters. The fourth-order valence-electron chi connectivity index (χ4n) is 3.44. The zero-order valence-electron chi connectivity index (χ0n) is 6.59. The lowest BCUT2D eigenvalue weighted by Crippen LogP contribution is -2.42. The number of Topliss-reactive ketones (excluding diaryl/α,β-unsaturated/α-hetero) is 1. The first-order valence-electron chi connectivity index (χ1n) is 4.53. The molecule has 0 amide bonds. The van der Waals surface area contributed by atoms with Crippen LogP contribution in [-0.4, -0.2) is 11.7 Å². The van der Waals surface area contributed by atoms with Gasteiger partial charge in [-0.15, -0.1) is 0 Å². The topological polar surface area (TPSA) is 17.1 Å². The molecule has 12 heavy (non-hydrogen) atoms. The SMILES string of the molecule is O=C1C2CCC3C2C1CC3(F)F. The van der Waals surface area contributed by atoms with Crippen molar-refractivity contribution in [2.45, 2.75) is 25.2 Å². The number of hydrogen-bond acceptors (Lipinski definition) is 1. The van der Waals surface area contributed by atoms with Gasteiger partial charge in [-0.2, -0.15) is 0 Å². The van der Waals surface area contributed by atoms with Crippen LogP contribution in [0.2, 0.25) is 0 Å². The highest BCUT2D eigenvalue weighted by Crippen LogP contribution is 2.64. The zero-order chi connectivity index (χ0) is 8.51. The molecule has 3 saturated carbocycles. The van der Waals surface area contributed by atoms with Crippen molar-refractivity contribution in [2.24, 2.45) is 23.7 Å². The second-order valence-electron chi connectivity index (χ2n) is 4.34. The highest BCUT2D eigenvalue weighted by atomic mass is 19.3. The molecule has 0 bridgehead atoms. The van der Waals surface area contributed by atoms with Gasteiger partial charge < -0.3 is 0 Å². The maximum atomic E-state index is 13.2. The van der Waals surface area contributed by atoms with Gasteiger partial charge in [-0.25, -0.2) is 8.78 Å². The van der Waals surface area contributed by atoms with Gasteiger partial charge in [-0.1, -0.05) is 0 Å². The highest BCUT2D eigenvalue weighted by Gasteiger charge is 2.69. The summed E-state index contributed by atoms with van der Waals surface area (Å²) in [7, 11) is 0. The Labute approximate surface area is 69.1 Å². The predicted molar refractivity (Wildman–Crippen MR) is 37.8 cm³/mol. The summed E-state index contributed by atoms with van der Waals surface area (Å²) in [5.41, 5.74) is 0. The zero-order valence-corrected chi connectivity index (χ0v) is 6.59. The molecule has 0 aliphatic heterocycles. The van der Waals surface area contributed by atoms with Crippen LogP contribution < -0.4 is 0 Å². The van der Waals surface area contributed by atoms with Gasteiger partial charge in [0.15, 0.2) is 0 Å². The summed E-state index contributed by atoms with van der Waals surface area (Å²) in [6, 6.07) is 0. The minimum absolute atomic E-state index is 0.0216. The van der Waals surface area contributed by atoms with E-state index >= 15 is 0 Å². The van der Waals surface area contributed by atoms with Crippen LogP contribution in [0.3, 0.4) is 0 Å². The molecule has 3 fully saturated rings. The molecule has 0 heterocycles. The predicted octanol–water partition coefficient (Wildman–Crippen LogP) is 1.87. The highest BCUT2D eigenvalue weighted by molar-refractivity contribution is 5.91. The van der Waals surface area contributed by atoms with Crippen LogP contribution in [0.15, 0.2) is 0 Å². The van der Waals surface area contributed by atoms with Crippen molar-refractivity contribution in [3.05, 3.63) is 0 Å². The Kier molecular flexibility index (Phi) is 1.01. The first-order valence-corrected chi connectivity index (χ1v) is 4.53. The number of ketones is 1. The third-order valence-electron chi connectivity index (χ3n) is 3.95. The third kappa shape index (κ3) is 0.549. The third-order valence-corrected chi connectivity index (χ3v) is 3.95. The molecule has 3 aliphatic carbocycles. The van der Waals surface area contributed by atoms with Gasteiger partial charge in [-0.05, 0) is 18.8 Å². The Bertz CT molecular complexity index is 261. The van der Waals surface area contributed by atoms with E-state index in [1.165, 1.54) is 0 Å². The van der Waals surface area contributed by atoms with Crippen LogP contribution >= 0.6 is 0 Å². The van der Waals surface area contributed by atoms with E-state index in [4.69, 9.17) is 0 Å². The Hall–Kier alpha value is -0.470. The fourth-order valence-corrected chi connectivity index (χ4v) is 3.44. The summed E-state index contributed by atoms with van der Waals surface area (Å²) in [4.78, 5) is 11.3. The van der Waals surface area contributed by atoms with Crippen LogP contribution in [0, 0.1) is 23.7 Å². The van der Waals surface area contributed by atoms with Crippen LogP contribution in [0.25, 0.3) is 0 Å². The number of carbonyl (C=O) groups excluding carboxylic acids is 1. The van der Waals surface area contributed by atoms with E-state index in [2.05, 4.69) is 0 Å². The second kappa shape index (κ2) is 1.73. The molecular weight excluding hydrogens is 162 g/mol. The lowest BCUT2D eigenvalue weighted by atomic mass is 9.66. The Balaban J connectivity index is 2.01. The van der Waals surface area contributed by atoms with Crippen LogP contribution in [-0.2, 0) is 4.79 Å². The summed E-state index contributed by atoms with van der Waals surface area (Å²) < 4.78 is 26.4. The lowest BCUT2D eigenvalue weighted by molar-refractivity contribution is -0.139. The van der Waals surface area contributed by atoms with Crippen molar-refractivity contribution in [1.29, 1.82) is 0 Å². The molecule has 0 radical (unpaired) electrons. The lowest BCUT2D eigenvalue weighted by Gasteiger charge is -2.34. The van der Waals surface area contributed by atoms with Crippen LogP contribution in [0.5, 0.6) is 0 Å². The van der Waals surface area contributed by atoms with E-state index in [1.54, 1.807) is 0 Å². The summed E-state index contributed by atoms with van der Waals surface area (Å²) >= 11 is 0. The van der Waals surface area contributed by atoms with Gasteiger partial charge in [0, 0.05) is 24.2 Å². The largest absolute Gasteiger partial charge is 0.299 e. The van der Waals surface area contributed by atoms with E-state index in [1.807, 2.05) is 0 Å². The monoisotopic (exact) mass is 172 g/mol. The fraction of sp³-hybridized carbons (Fsp3) is 0.889. The van der Waals surface area contributed by atoms with Crippen LogP contribution in [0.4, 0.5) is 8.78 Å². The molecular formula is C9H10F2O. The molecule has 66 valence electrons. The molecule has 0 spiro atoms. The standard InChI is InChI=1S/C9H10F2O/c10-9(11)3-5-7-4(8(5)12)1-2-6(7)9/h4-7H,1-3H2. The average Bonchev–Trinajstić information content (AvgIpc) is 2.48. The average molecular weight is 172 g/mol. The summed E-state index contributed by atoms with van der Waals surface area (Å²) in [6.45, 7) is 0. The maximum absolute atomic E-state index is 13.2. The van der Waals surface area contributed by atoms with E-state index in [-0.39, 0.29) is 30.0 Å². The van der Waals surface area contributed by atoms with Crippen molar-refractivity contribution in [3.8, 4) is 0 Å². The van der Waals surface area contributed by atoms with Gasteiger partial charge in [0.05, 0.1) is 0 Å². The van der Waals surface area contributed by atoms with Gasteiger partial charge in [-0.3, -0.25) is 4.79 Å². The summed E-state index contributed by atoms with van der Waals surface area (Å²) in [5.74, 6) is -3.04. The van der Waals surface area contributed by atoms with E-state index < -0.39 is 11.8 Å². The van der Waals surface area contributed by atoms with E-state index in [0.717, 1.165) is 6.42 Å². The molecule has 1 nitrogen and oxygen atoms in total. The Morgan fingerprint density at radius 3 is 2.75 bits per heavy atom. The minimum Gasteiger partial charge on any atom is -0.299 e. The first-order chi connectivity index (χ1) is 5.61. The minimum atomic E-state index is -2.53. The molecule has 3 rings (SSSR count). The summed E-state index contributed by atoms with van der Waals surface area (Å²) in [6.07, 6.45) is 1.14. The number of rotatable bonds is 0. The molecule has 0 saturated heterocycles. The second-order valence-corrected chi connectivity index (χ2v) is 4.34. The van der Waals surface area contributed by atoms with E-state index in [9.17, 15) is 13.6 Å². The van der Waals surface area contributed by atoms with Gasteiger partial charge in [0.1, 0.15) is 5.78 Å². The van der Waals surface area contributed by atoms with Crippen molar-refractivity contribution in [2.75, 3.05) is 0 Å².